The molecule has 1 aliphatic carbocycles. The lowest BCUT2D eigenvalue weighted by atomic mass is 9.95. The lowest BCUT2D eigenvalue weighted by molar-refractivity contribution is 0.330. The van der Waals surface area contributed by atoms with Gasteiger partial charge in [0, 0.05) is 22.6 Å². The Kier molecular flexibility index (Phi) is 7.81. The molecule has 19 heavy (non-hydrogen) atoms. The summed E-state index contributed by atoms with van der Waals surface area (Å²) in [5.41, 5.74) is 1.25. The first-order valence-corrected chi connectivity index (χ1v) is 7.73. The molecule has 1 fully saturated rings. The Hall–Kier alpha value is -0.250. The molecule has 1 N–H and O–H groups in total. The highest BCUT2D eigenvalue weighted by molar-refractivity contribution is 9.10. The Bertz CT molecular complexity index is 380. The molecular weight excluding hydrogens is 326 g/mol. The molecule has 0 radical (unpaired) electrons. The van der Waals surface area contributed by atoms with Crippen LogP contribution in [0.4, 0.5) is 0 Å². The van der Waals surface area contributed by atoms with Crippen molar-refractivity contribution >= 4 is 28.3 Å². The summed E-state index contributed by atoms with van der Waals surface area (Å²) in [6.45, 7) is 3.65. The highest BCUT2D eigenvalue weighted by Gasteiger charge is 2.13. The van der Waals surface area contributed by atoms with Crippen LogP contribution in [0.3, 0.4) is 0 Å². The summed E-state index contributed by atoms with van der Waals surface area (Å²) < 4.78 is 6.79. The van der Waals surface area contributed by atoms with Gasteiger partial charge in [-0.1, -0.05) is 35.2 Å². The molecule has 1 aromatic carbocycles. The standard InChI is InChI=1S/C15H22BrNO.ClH/c1-2-18-15-9-8-13(16)10-12(15)11-17-14-6-4-3-5-7-14;/h8-10,14,17H,2-7,11H2,1H3;1H. The smallest absolute Gasteiger partial charge is 0.123 e. The highest BCUT2D eigenvalue weighted by atomic mass is 79.9. The summed E-state index contributed by atoms with van der Waals surface area (Å²) in [5.74, 6) is 1.00. The lowest BCUT2D eigenvalue weighted by Gasteiger charge is -2.23. The number of benzene rings is 1. The first-order valence-electron chi connectivity index (χ1n) is 6.94. The minimum absolute atomic E-state index is 0. The average Bonchev–Trinajstić information content (AvgIpc) is 2.40. The maximum absolute atomic E-state index is 5.67. The number of hydrogen-bond acceptors (Lipinski definition) is 2. The summed E-state index contributed by atoms with van der Waals surface area (Å²) in [6.07, 6.45) is 6.78. The molecule has 2 nitrogen and oxygen atoms in total. The molecule has 4 heteroatoms. The summed E-state index contributed by atoms with van der Waals surface area (Å²) in [6, 6.07) is 6.92. The Morgan fingerprint density at radius 2 is 2.00 bits per heavy atom. The van der Waals surface area contributed by atoms with E-state index in [0.717, 1.165) is 23.4 Å². The number of nitrogens with one attached hydrogen (secondary N) is 1. The molecule has 0 heterocycles. The molecule has 2 rings (SSSR count). The topological polar surface area (TPSA) is 21.3 Å². The Morgan fingerprint density at radius 1 is 1.26 bits per heavy atom. The molecule has 108 valence electrons. The van der Waals surface area contributed by atoms with Crippen molar-refractivity contribution < 1.29 is 4.74 Å². The van der Waals surface area contributed by atoms with E-state index < -0.39 is 0 Å². The third-order valence-electron chi connectivity index (χ3n) is 3.51. The summed E-state index contributed by atoms with van der Waals surface area (Å²) in [7, 11) is 0. The fourth-order valence-electron chi connectivity index (χ4n) is 2.54. The predicted octanol–water partition coefficient (Wildman–Crippen LogP) is 4.69. The largest absolute Gasteiger partial charge is 0.494 e. The van der Waals surface area contributed by atoms with Gasteiger partial charge in [0.1, 0.15) is 5.75 Å². The Labute approximate surface area is 130 Å². The van der Waals surface area contributed by atoms with E-state index in [4.69, 9.17) is 4.74 Å². The van der Waals surface area contributed by atoms with Gasteiger partial charge in [-0.2, -0.15) is 0 Å². The van der Waals surface area contributed by atoms with Gasteiger partial charge in [0.2, 0.25) is 0 Å². The molecular formula is C15H23BrClNO. The minimum Gasteiger partial charge on any atom is -0.494 e. The maximum Gasteiger partial charge on any atom is 0.123 e. The summed E-state index contributed by atoms with van der Waals surface area (Å²) in [4.78, 5) is 0. The van der Waals surface area contributed by atoms with Gasteiger partial charge >= 0.3 is 0 Å². The van der Waals surface area contributed by atoms with Gasteiger partial charge in [-0.25, -0.2) is 0 Å². The van der Waals surface area contributed by atoms with Gasteiger partial charge in [-0.05, 0) is 38.0 Å². The average molecular weight is 349 g/mol. The maximum atomic E-state index is 5.67. The minimum atomic E-state index is 0. The quantitative estimate of drug-likeness (QED) is 0.833. The molecule has 0 saturated heterocycles. The van der Waals surface area contributed by atoms with Crippen LogP contribution >= 0.6 is 28.3 Å². The monoisotopic (exact) mass is 347 g/mol. The predicted molar refractivity (Wildman–Crippen MR) is 86.3 cm³/mol. The fraction of sp³-hybridized carbons (Fsp3) is 0.600. The van der Waals surface area contributed by atoms with E-state index in [-0.39, 0.29) is 12.4 Å². The molecule has 1 aromatic rings. The van der Waals surface area contributed by atoms with Crippen molar-refractivity contribution in [2.45, 2.75) is 51.6 Å². The Balaban J connectivity index is 0.00000180. The third kappa shape index (κ3) is 5.33. The highest BCUT2D eigenvalue weighted by Crippen LogP contribution is 2.24. The van der Waals surface area contributed by atoms with Gasteiger partial charge in [-0.3, -0.25) is 0 Å². The molecule has 0 bridgehead atoms. The van der Waals surface area contributed by atoms with E-state index in [0.29, 0.717) is 6.04 Å². The van der Waals surface area contributed by atoms with E-state index in [9.17, 15) is 0 Å². The van der Waals surface area contributed by atoms with E-state index in [2.05, 4.69) is 27.3 Å². The molecule has 0 spiro atoms. The zero-order chi connectivity index (χ0) is 12.8. The van der Waals surface area contributed by atoms with Crippen LogP contribution in [0.1, 0.15) is 44.6 Å². The van der Waals surface area contributed by atoms with Gasteiger partial charge < -0.3 is 10.1 Å². The van der Waals surface area contributed by atoms with Crippen LogP contribution in [-0.2, 0) is 6.54 Å². The van der Waals surface area contributed by atoms with Gasteiger partial charge in [0.25, 0.3) is 0 Å². The van der Waals surface area contributed by atoms with Crippen LogP contribution in [-0.4, -0.2) is 12.6 Å². The first-order chi connectivity index (χ1) is 8.79. The fourth-order valence-corrected chi connectivity index (χ4v) is 2.95. The molecule has 0 amide bonds. The van der Waals surface area contributed by atoms with Crippen molar-refractivity contribution in [3.8, 4) is 5.75 Å². The second-order valence-corrected chi connectivity index (χ2v) is 5.82. The molecule has 1 aliphatic rings. The van der Waals surface area contributed by atoms with Crippen LogP contribution in [0.25, 0.3) is 0 Å². The number of rotatable bonds is 5. The molecule has 0 atom stereocenters. The van der Waals surface area contributed by atoms with E-state index in [1.165, 1.54) is 37.7 Å². The number of hydrogen-bond donors (Lipinski definition) is 1. The zero-order valence-electron chi connectivity index (χ0n) is 11.5. The van der Waals surface area contributed by atoms with E-state index in [1.807, 2.05) is 19.1 Å². The van der Waals surface area contributed by atoms with E-state index >= 15 is 0 Å². The zero-order valence-corrected chi connectivity index (χ0v) is 13.9. The Morgan fingerprint density at radius 3 is 2.68 bits per heavy atom. The number of halogens is 2. The van der Waals surface area contributed by atoms with Crippen molar-refractivity contribution in [3.63, 3.8) is 0 Å². The van der Waals surface area contributed by atoms with Crippen molar-refractivity contribution in [3.05, 3.63) is 28.2 Å². The second-order valence-electron chi connectivity index (χ2n) is 4.90. The van der Waals surface area contributed by atoms with Crippen molar-refractivity contribution in [1.29, 1.82) is 0 Å². The van der Waals surface area contributed by atoms with Gasteiger partial charge in [0.05, 0.1) is 6.61 Å². The van der Waals surface area contributed by atoms with Crippen LogP contribution < -0.4 is 10.1 Å². The second kappa shape index (κ2) is 8.83. The molecule has 0 unspecified atom stereocenters. The molecule has 0 aliphatic heterocycles. The number of ether oxygens (including phenoxy) is 1. The summed E-state index contributed by atoms with van der Waals surface area (Å²) in [5, 5.41) is 3.66. The van der Waals surface area contributed by atoms with Crippen LogP contribution in [0.5, 0.6) is 5.75 Å². The first kappa shape index (κ1) is 16.8. The van der Waals surface area contributed by atoms with Crippen LogP contribution in [0, 0.1) is 0 Å². The van der Waals surface area contributed by atoms with E-state index in [1.54, 1.807) is 0 Å². The lowest BCUT2D eigenvalue weighted by Crippen LogP contribution is -2.30. The van der Waals surface area contributed by atoms with Crippen LogP contribution in [0.2, 0.25) is 0 Å². The summed E-state index contributed by atoms with van der Waals surface area (Å²) >= 11 is 3.53. The SMILES string of the molecule is CCOc1ccc(Br)cc1CNC1CCCCC1.Cl. The molecule has 1 saturated carbocycles. The van der Waals surface area contributed by atoms with Crippen LogP contribution in [0.15, 0.2) is 22.7 Å². The third-order valence-corrected chi connectivity index (χ3v) is 4.00. The van der Waals surface area contributed by atoms with Crippen molar-refractivity contribution in [2.24, 2.45) is 0 Å². The molecule has 0 aromatic heterocycles. The van der Waals surface area contributed by atoms with Gasteiger partial charge in [0.15, 0.2) is 0 Å². The normalized spacial score (nSPS) is 15.9. The van der Waals surface area contributed by atoms with Crippen molar-refractivity contribution in [1.82, 2.24) is 5.32 Å². The van der Waals surface area contributed by atoms with Gasteiger partial charge in [-0.15, -0.1) is 12.4 Å². The van der Waals surface area contributed by atoms with Crippen molar-refractivity contribution in [2.75, 3.05) is 6.61 Å².